The van der Waals surface area contributed by atoms with E-state index < -0.39 is 13.3 Å². The Balaban J connectivity index is 0.000000233. The molecule has 0 fully saturated rings. The van der Waals surface area contributed by atoms with Crippen molar-refractivity contribution < 1.29 is 28.9 Å². The van der Waals surface area contributed by atoms with Crippen LogP contribution >= 0.6 is 0 Å². The minimum atomic E-state index is -1.72. The summed E-state index contributed by atoms with van der Waals surface area (Å²) in [5, 5.41) is 4.19. The van der Waals surface area contributed by atoms with Crippen LogP contribution in [0.2, 0.25) is 17.3 Å². The first kappa shape index (κ1) is 39.6. The predicted octanol–water partition coefficient (Wildman–Crippen LogP) is 13.6. The number of hydrogen-bond acceptors (Lipinski definition) is 4. The van der Waals surface area contributed by atoms with Crippen LogP contribution in [0.1, 0.15) is 50.7 Å². The van der Waals surface area contributed by atoms with Gasteiger partial charge in [-0.25, -0.2) is 0 Å². The van der Waals surface area contributed by atoms with Crippen molar-refractivity contribution in [3.8, 4) is 28.3 Å². The van der Waals surface area contributed by atoms with Gasteiger partial charge in [-0.3, -0.25) is 4.98 Å². The summed E-state index contributed by atoms with van der Waals surface area (Å²) in [5.41, 5.74) is 11.9. The number of pyridine rings is 1. The third-order valence-corrected chi connectivity index (χ3v) is 15.2. The first-order chi connectivity index (χ1) is 27.6. The van der Waals surface area contributed by atoms with E-state index in [0.29, 0.717) is 11.8 Å². The SMILES string of the molecule is CC(C)c1cccc(C(C)C)c1-n1c(-c2[c-]ccc3c2oc2c3ccc3c4ccccc4oc32)nc2ccccc21.[CH3][Ge]([CH3])([CH3])[c]1ccc(-c2[c-]cccc2)nc1.[Ir]. The monoisotopic (exact) mass is 998 g/mol. The molecular formula is C51H45GeIrN3O2-2. The molecule has 291 valence electrons. The third-order valence-electron chi connectivity index (χ3n) is 10.9. The summed E-state index contributed by atoms with van der Waals surface area (Å²) in [6.45, 7) is 9.03. The number of rotatable bonds is 6. The molecule has 7 heteroatoms. The molecule has 0 aliphatic rings. The molecule has 0 N–H and O–H groups in total. The molecule has 58 heavy (non-hydrogen) atoms. The van der Waals surface area contributed by atoms with E-state index in [2.05, 4.69) is 139 Å². The number of hydrogen-bond donors (Lipinski definition) is 0. The van der Waals surface area contributed by atoms with Gasteiger partial charge in [0.05, 0.1) is 22.4 Å². The standard InChI is InChI=1S/C37H29N2O2.C14H16GeN.Ir/c1-21(2)23-12-9-13-24(22(3)4)33(23)39-31-17-7-6-16-30(31)38-37(39)29-15-10-14-26-28-20-19-27-25-11-5-8-18-32(25)40-35(27)36(28)41-34(26)29;1-15(2,3)13-9-10-14(16-11-13)12-7-5-4-6-8-12;/h5-14,16-22H,1-4H3;4-7,9-11H,1-3H3;/q2*-1;. The van der Waals surface area contributed by atoms with Crippen LogP contribution in [-0.2, 0) is 20.1 Å². The van der Waals surface area contributed by atoms with Crippen LogP contribution in [0.4, 0.5) is 0 Å². The molecule has 0 spiro atoms. The average molecular weight is 997 g/mol. The van der Waals surface area contributed by atoms with Crippen LogP contribution in [0, 0.1) is 12.1 Å². The fraction of sp³-hybridized carbons (Fsp3) is 0.176. The fourth-order valence-corrected chi connectivity index (χ4v) is 10.1. The second-order valence-electron chi connectivity index (χ2n) is 16.4. The first-order valence-electron chi connectivity index (χ1n) is 19.8. The number of nitrogens with zero attached hydrogens (tertiary/aromatic N) is 3. The van der Waals surface area contributed by atoms with Gasteiger partial charge in [0, 0.05) is 42.0 Å². The number of para-hydroxylation sites is 4. The molecule has 0 saturated carbocycles. The van der Waals surface area contributed by atoms with Gasteiger partial charge in [-0.05, 0) is 47.2 Å². The van der Waals surface area contributed by atoms with E-state index in [4.69, 9.17) is 13.8 Å². The van der Waals surface area contributed by atoms with Crippen LogP contribution in [-0.4, -0.2) is 27.8 Å². The molecule has 4 aromatic heterocycles. The van der Waals surface area contributed by atoms with Gasteiger partial charge in [0.2, 0.25) is 0 Å². The van der Waals surface area contributed by atoms with Crippen LogP contribution in [0.25, 0.3) is 83.2 Å². The molecule has 0 aliphatic carbocycles. The molecule has 10 aromatic rings. The van der Waals surface area contributed by atoms with Crippen molar-refractivity contribution >= 4 is 72.6 Å². The van der Waals surface area contributed by atoms with Crippen LogP contribution in [0.15, 0.2) is 142 Å². The number of furan rings is 2. The van der Waals surface area contributed by atoms with E-state index in [1.807, 2.05) is 60.8 Å². The van der Waals surface area contributed by atoms with Crippen molar-refractivity contribution in [1.29, 1.82) is 0 Å². The van der Waals surface area contributed by atoms with Crippen LogP contribution < -0.4 is 4.40 Å². The second-order valence-corrected chi connectivity index (χ2v) is 27.1. The molecule has 6 aromatic carbocycles. The molecule has 0 amide bonds. The molecular weight excluding hydrogens is 951 g/mol. The minimum Gasteiger partial charge on any atom is 0 e. The smallest absolute Gasteiger partial charge is 0 e. The maximum absolute atomic E-state index is 6.74. The van der Waals surface area contributed by atoms with E-state index in [1.54, 1.807) is 0 Å². The predicted molar refractivity (Wildman–Crippen MR) is 240 cm³/mol. The Morgan fingerprint density at radius 2 is 1.28 bits per heavy atom. The van der Waals surface area contributed by atoms with Crippen molar-refractivity contribution in [2.45, 2.75) is 56.8 Å². The zero-order valence-electron chi connectivity index (χ0n) is 33.8. The minimum absolute atomic E-state index is 0. The van der Waals surface area contributed by atoms with Crippen LogP contribution in [0.3, 0.4) is 0 Å². The fourth-order valence-electron chi connectivity index (χ4n) is 7.89. The van der Waals surface area contributed by atoms with E-state index >= 15 is 0 Å². The van der Waals surface area contributed by atoms with Crippen molar-refractivity contribution in [3.63, 3.8) is 0 Å². The van der Waals surface area contributed by atoms with E-state index in [9.17, 15) is 0 Å². The molecule has 4 heterocycles. The zero-order valence-corrected chi connectivity index (χ0v) is 38.3. The van der Waals surface area contributed by atoms with Crippen molar-refractivity contribution in [2.24, 2.45) is 0 Å². The van der Waals surface area contributed by atoms with Crippen molar-refractivity contribution in [1.82, 2.24) is 14.5 Å². The Kier molecular flexibility index (Phi) is 10.8. The maximum atomic E-state index is 6.74. The van der Waals surface area contributed by atoms with Gasteiger partial charge < -0.3 is 13.4 Å². The summed E-state index contributed by atoms with van der Waals surface area (Å²) < 4.78 is 16.9. The number of benzene rings is 6. The topological polar surface area (TPSA) is 57.0 Å². The molecule has 0 atom stereocenters. The first-order valence-corrected chi connectivity index (χ1v) is 27.1. The van der Waals surface area contributed by atoms with Gasteiger partial charge in [-0.2, -0.15) is 0 Å². The van der Waals surface area contributed by atoms with Crippen molar-refractivity contribution in [2.75, 3.05) is 0 Å². The van der Waals surface area contributed by atoms with Gasteiger partial charge in [-0.15, -0.1) is 18.2 Å². The van der Waals surface area contributed by atoms with Gasteiger partial charge in [0.1, 0.15) is 5.58 Å². The normalized spacial score (nSPS) is 11.9. The molecule has 0 bridgehead atoms. The quantitative estimate of drug-likeness (QED) is 0.123. The van der Waals surface area contributed by atoms with E-state index in [1.165, 1.54) is 21.2 Å². The summed E-state index contributed by atoms with van der Waals surface area (Å²) >= 11 is -1.72. The zero-order chi connectivity index (χ0) is 39.4. The average Bonchev–Trinajstić information content (AvgIpc) is 3.92. The second kappa shape index (κ2) is 15.8. The largest absolute Gasteiger partial charge is 0 e. The summed E-state index contributed by atoms with van der Waals surface area (Å²) in [6, 6.07) is 50.5. The van der Waals surface area contributed by atoms with Gasteiger partial charge in [0.25, 0.3) is 0 Å². The third kappa shape index (κ3) is 7.02. The molecule has 0 saturated heterocycles. The molecule has 0 unspecified atom stereocenters. The molecule has 1 radical (unpaired) electrons. The van der Waals surface area contributed by atoms with Gasteiger partial charge in [0.15, 0.2) is 11.2 Å². The maximum Gasteiger partial charge on any atom is 0 e. The Hall–Kier alpha value is -5.27. The van der Waals surface area contributed by atoms with Gasteiger partial charge >= 0.3 is 99.8 Å². The summed E-state index contributed by atoms with van der Waals surface area (Å²) in [4.78, 5) is 9.76. The Bertz CT molecular complexity index is 3030. The molecule has 0 aliphatic heterocycles. The summed E-state index contributed by atoms with van der Waals surface area (Å²) in [5.74, 6) is 8.64. The van der Waals surface area contributed by atoms with Gasteiger partial charge in [-0.1, -0.05) is 93.2 Å². The number of fused-ring (bicyclic) bond motifs is 8. The van der Waals surface area contributed by atoms with E-state index in [-0.39, 0.29) is 20.1 Å². The number of imidazole rings is 1. The summed E-state index contributed by atoms with van der Waals surface area (Å²) in [7, 11) is 0. The number of aromatic nitrogens is 3. The Morgan fingerprint density at radius 1 is 0.603 bits per heavy atom. The summed E-state index contributed by atoms with van der Waals surface area (Å²) in [6.07, 6.45) is 2.04. The van der Waals surface area contributed by atoms with E-state index in [0.717, 1.165) is 77.6 Å². The molecule has 10 rings (SSSR count). The Labute approximate surface area is 355 Å². The van der Waals surface area contributed by atoms with Crippen LogP contribution in [0.5, 0.6) is 0 Å². The molecule has 5 nitrogen and oxygen atoms in total. The van der Waals surface area contributed by atoms with Crippen molar-refractivity contribution in [3.05, 3.63) is 157 Å². The Morgan fingerprint density at radius 3 is 1.97 bits per heavy atom.